The number of hydrogen-bond acceptors (Lipinski definition) is 4. The first-order valence-electron chi connectivity index (χ1n) is 12.5. The van der Waals surface area contributed by atoms with Crippen molar-refractivity contribution in [3.8, 4) is 0 Å². The van der Waals surface area contributed by atoms with Gasteiger partial charge in [0, 0.05) is 32.1 Å². The summed E-state index contributed by atoms with van der Waals surface area (Å²) >= 11 is 0. The number of hydrogen-bond donors (Lipinski definition) is 2. The number of piperidine rings is 1. The maximum Gasteiger partial charge on any atom is 0.242 e. The fourth-order valence-corrected chi connectivity index (χ4v) is 5.58. The van der Waals surface area contributed by atoms with Gasteiger partial charge in [0.05, 0.1) is 5.41 Å². The van der Waals surface area contributed by atoms with Crippen molar-refractivity contribution in [3.05, 3.63) is 35.9 Å². The fourth-order valence-electron chi connectivity index (χ4n) is 5.58. The Morgan fingerprint density at radius 3 is 2.58 bits per heavy atom. The predicted octanol–water partition coefficient (Wildman–Crippen LogP) is 2.17. The van der Waals surface area contributed by atoms with E-state index in [2.05, 4.69) is 45.9 Å². The highest BCUT2D eigenvalue weighted by Crippen LogP contribution is 2.40. The van der Waals surface area contributed by atoms with E-state index in [0.717, 1.165) is 38.9 Å². The van der Waals surface area contributed by atoms with E-state index in [4.69, 9.17) is 0 Å². The first-order valence-corrected chi connectivity index (χ1v) is 12.5. The summed E-state index contributed by atoms with van der Waals surface area (Å²) in [7, 11) is 0. The Bertz CT molecular complexity index is 850. The topological polar surface area (TPSA) is 81.8 Å². The Kier molecular flexibility index (Phi) is 7.37. The number of nitrogens with one attached hydrogen (secondary N) is 2. The van der Waals surface area contributed by atoms with Gasteiger partial charge in [-0.3, -0.25) is 19.3 Å². The van der Waals surface area contributed by atoms with Crippen LogP contribution < -0.4 is 10.6 Å². The van der Waals surface area contributed by atoms with Crippen LogP contribution in [0.5, 0.6) is 0 Å². The lowest BCUT2D eigenvalue weighted by Gasteiger charge is -2.32. The zero-order chi connectivity index (χ0) is 23.4. The van der Waals surface area contributed by atoms with Gasteiger partial charge in [0.15, 0.2) is 0 Å². The maximum atomic E-state index is 12.7. The summed E-state index contributed by atoms with van der Waals surface area (Å²) in [6.07, 6.45) is 4.42. The van der Waals surface area contributed by atoms with Crippen LogP contribution in [0.25, 0.3) is 0 Å². The van der Waals surface area contributed by atoms with Gasteiger partial charge < -0.3 is 15.5 Å². The molecule has 4 rings (SSSR count). The molecule has 7 nitrogen and oxygen atoms in total. The summed E-state index contributed by atoms with van der Waals surface area (Å²) in [6, 6.07) is 10.1. The molecule has 0 aliphatic carbocycles. The smallest absolute Gasteiger partial charge is 0.242 e. The Morgan fingerprint density at radius 2 is 1.88 bits per heavy atom. The van der Waals surface area contributed by atoms with Gasteiger partial charge >= 0.3 is 0 Å². The summed E-state index contributed by atoms with van der Waals surface area (Å²) in [5, 5.41) is 5.95. The molecule has 0 bridgehead atoms. The minimum atomic E-state index is -0.599. The van der Waals surface area contributed by atoms with Crippen LogP contribution in [0.15, 0.2) is 30.3 Å². The molecule has 7 heteroatoms. The highest BCUT2D eigenvalue weighted by molar-refractivity contribution is 5.95. The van der Waals surface area contributed by atoms with Gasteiger partial charge in [-0.25, -0.2) is 0 Å². The minimum absolute atomic E-state index is 0.0751. The average Bonchev–Trinajstić information content (AvgIpc) is 3.39. The van der Waals surface area contributed by atoms with E-state index in [1.54, 1.807) is 4.90 Å². The number of amides is 3. The van der Waals surface area contributed by atoms with Crippen molar-refractivity contribution in [1.82, 2.24) is 20.4 Å². The van der Waals surface area contributed by atoms with Crippen molar-refractivity contribution in [2.75, 3.05) is 32.7 Å². The molecule has 1 spiro atoms. The second-order valence-corrected chi connectivity index (χ2v) is 10.5. The van der Waals surface area contributed by atoms with E-state index >= 15 is 0 Å². The molecule has 3 aliphatic heterocycles. The Balaban J connectivity index is 1.17. The van der Waals surface area contributed by atoms with Gasteiger partial charge in [-0.2, -0.15) is 0 Å². The second-order valence-electron chi connectivity index (χ2n) is 10.5. The van der Waals surface area contributed by atoms with Crippen LogP contribution in [-0.4, -0.2) is 66.3 Å². The lowest BCUT2D eigenvalue weighted by atomic mass is 9.84. The molecule has 2 N–H and O–H groups in total. The van der Waals surface area contributed by atoms with Crippen LogP contribution in [0.3, 0.4) is 0 Å². The first kappa shape index (κ1) is 23.7. The van der Waals surface area contributed by atoms with E-state index in [1.807, 2.05) is 13.8 Å². The molecule has 33 heavy (non-hydrogen) atoms. The molecule has 0 aromatic heterocycles. The molecule has 3 amide bonds. The van der Waals surface area contributed by atoms with Gasteiger partial charge in [0.2, 0.25) is 17.7 Å². The quantitative estimate of drug-likeness (QED) is 0.662. The molecular formula is C26H38N4O3. The molecule has 3 fully saturated rings. The van der Waals surface area contributed by atoms with E-state index in [-0.39, 0.29) is 23.6 Å². The second kappa shape index (κ2) is 10.2. The highest BCUT2D eigenvalue weighted by atomic mass is 16.2. The standard InChI is InChI=1S/C26H38N4O3/c1-19(2)24(32)30-15-11-26(18-30)16-22(28-25(26)33)23(31)27-12-8-20-9-13-29(14-10-20)17-21-6-4-3-5-7-21/h3-7,19-20,22H,8-18H2,1-2H3,(H,27,31)(H,28,33)/t22-,26+/m0/s1. The van der Waals surface area contributed by atoms with Crippen molar-refractivity contribution in [2.45, 2.75) is 58.5 Å². The fraction of sp³-hybridized carbons (Fsp3) is 0.654. The van der Waals surface area contributed by atoms with Crippen LogP contribution >= 0.6 is 0 Å². The monoisotopic (exact) mass is 454 g/mol. The molecule has 1 aromatic rings. The van der Waals surface area contributed by atoms with E-state index in [1.165, 1.54) is 5.56 Å². The Labute approximate surface area is 197 Å². The third-order valence-corrected chi connectivity index (χ3v) is 7.67. The molecule has 1 aromatic carbocycles. The number of benzene rings is 1. The van der Waals surface area contributed by atoms with Crippen LogP contribution in [0.2, 0.25) is 0 Å². The van der Waals surface area contributed by atoms with Gasteiger partial charge in [-0.05, 0) is 56.7 Å². The molecule has 3 aliphatic rings. The van der Waals surface area contributed by atoms with Crippen molar-refractivity contribution in [1.29, 1.82) is 0 Å². The third-order valence-electron chi connectivity index (χ3n) is 7.67. The largest absolute Gasteiger partial charge is 0.354 e. The zero-order valence-electron chi connectivity index (χ0n) is 20.0. The maximum absolute atomic E-state index is 12.7. The van der Waals surface area contributed by atoms with Crippen molar-refractivity contribution < 1.29 is 14.4 Å². The van der Waals surface area contributed by atoms with Crippen molar-refractivity contribution in [2.24, 2.45) is 17.3 Å². The van der Waals surface area contributed by atoms with Crippen LogP contribution in [0, 0.1) is 17.3 Å². The molecule has 3 heterocycles. The van der Waals surface area contributed by atoms with Crippen LogP contribution in [0.1, 0.15) is 51.5 Å². The van der Waals surface area contributed by atoms with E-state index in [9.17, 15) is 14.4 Å². The van der Waals surface area contributed by atoms with Crippen LogP contribution in [-0.2, 0) is 20.9 Å². The SMILES string of the molecule is CC(C)C(=O)N1CC[C@@]2(C[C@@H](C(=O)NCCC3CCN(Cc4ccccc4)CC3)NC2=O)C1. The van der Waals surface area contributed by atoms with Crippen molar-refractivity contribution in [3.63, 3.8) is 0 Å². The molecule has 180 valence electrons. The molecule has 2 atom stereocenters. The summed E-state index contributed by atoms with van der Waals surface area (Å²) < 4.78 is 0. The molecular weight excluding hydrogens is 416 g/mol. The Morgan fingerprint density at radius 1 is 1.15 bits per heavy atom. The highest BCUT2D eigenvalue weighted by Gasteiger charge is 2.53. The first-order chi connectivity index (χ1) is 15.9. The van der Waals surface area contributed by atoms with E-state index in [0.29, 0.717) is 38.4 Å². The third kappa shape index (κ3) is 5.57. The van der Waals surface area contributed by atoms with E-state index < -0.39 is 11.5 Å². The summed E-state index contributed by atoms with van der Waals surface area (Å²) in [6.45, 7) is 8.65. The number of rotatable bonds is 7. The van der Waals surface area contributed by atoms with Crippen molar-refractivity contribution >= 4 is 17.7 Å². The molecule has 3 saturated heterocycles. The lowest BCUT2D eigenvalue weighted by Crippen LogP contribution is -2.42. The number of nitrogens with zero attached hydrogens (tertiary/aromatic N) is 2. The predicted molar refractivity (Wildman–Crippen MR) is 127 cm³/mol. The molecule has 0 unspecified atom stereocenters. The molecule has 0 radical (unpaired) electrons. The lowest BCUT2D eigenvalue weighted by molar-refractivity contribution is -0.134. The normalized spacial score (nSPS) is 26.2. The molecule has 0 saturated carbocycles. The summed E-state index contributed by atoms with van der Waals surface area (Å²) in [5.41, 5.74) is 0.761. The van der Waals surface area contributed by atoms with Gasteiger partial charge in [0.1, 0.15) is 6.04 Å². The van der Waals surface area contributed by atoms with Gasteiger partial charge in [0.25, 0.3) is 0 Å². The minimum Gasteiger partial charge on any atom is -0.354 e. The van der Waals surface area contributed by atoms with Gasteiger partial charge in [-0.15, -0.1) is 0 Å². The average molecular weight is 455 g/mol. The summed E-state index contributed by atoms with van der Waals surface area (Å²) in [5.74, 6) is 0.478. The Hall–Kier alpha value is -2.41. The van der Waals surface area contributed by atoms with Gasteiger partial charge in [-0.1, -0.05) is 44.2 Å². The number of carbonyl (C=O) groups is 3. The number of carbonyl (C=O) groups excluding carboxylic acids is 3. The van der Waals surface area contributed by atoms with Crippen LogP contribution in [0.4, 0.5) is 0 Å². The zero-order valence-corrected chi connectivity index (χ0v) is 20.0. The summed E-state index contributed by atoms with van der Waals surface area (Å²) in [4.78, 5) is 42.1. The number of likely N-dealkylation sites (tertiary alicyclic amines) is 2.